The van der Waals surface area contributed by atoms with Crippen molar-refractivity contribution in [1.82, 2.24) is 0 Å². The maximum Gasteiger partial charge on any atom is 0.0903 e. The van der Waals surface area contributed by atoms with Crippen LogP contribution in [0.25, 0.3) is 0 Å². The monoisotopic (exact) mass is 259 g/mol. The van der Waals surface area contributed by atoms with Gasteiger partial charge in [-0.25, -0.2) is 0 Å². The Labute approximate surface area is 104 Å². The molecule has 1 rings (SSSR count). The van der Waals surface area contributed by atoms with Gasteiger partial charge < -0.3 is 9.84 Å². The van der Waals surface area contributed by atoms with Crippen LogP contribution < -0.4 is 0 Å². The minimum Gasteiger partial charge on any atom is -0.390 e. The van der Waals surface area contributed by atoms with E-state index in [4.69, 9.17) is 33.2 Å². The van der Waals surface area contributed by atoms with E-state index < -0.39 is 6.10 Å². The molecule has 1 atom stereocenters. The summed E-state index contributed by atoms with van der Waals surface area (Å²) < 4.78 is 5.23. The first-order chi connectivity index (χ1) is 7.63. The summed E-state index contributed by atoms with van der Waals surface area (Å²) in [6.07, 6.45) is -0.690. The van der Waals surface area contributed by atoms with Crippen molar-refractivity contribution >= 4 is 23.2 Å². The third kappa shape index (κ3) is 4.38. The van der Waals surface area contributed by atoms with E-state index in [0.717, 1.165) is 5.56 Å². The summed E-state index contributed by atoms with van der Waals surface area (Å²) in [4.78, 5) is 0. The topological polar surface area (TPSA) is 53.2 Å². The summed E-state index contributed by atoms with van der Waals surface area (Å²) in [5, 5.41) is 18.7. The number of benzene rings is 1. The van der Waals surface area contributed by atoms with Crippen LogP contribution in [-0.4, -0.2) is 17.8 Å². The highest BCUT2D eigenvalue weighted by Gasteiger charge is 2.05. The van der Waals surface area contributed by atoms with Gasteiger partial charge in [-0.2, -0.15) is 5.26 Å². The van der Waals surface area contributed by atoms with E-state index in [1.807, 2.05) is 6.07 Å². The molecule has 0 aliphatic heterocycles. The Hall–Kier alpha value is -0.790. The molecule has 86 valence electrons. The molecular formula is C11H11Cl2NO2. The van der Waals surface area contributed by atoms with E-state index in [0.29, 0.717) is 16.7 Å². The van der Waals surface area contributed by atoms with Crippen LogP contribution in [0.4, 0.5) is 0 Å². The van der Waals surface area contributed by atoms with Crippen LogP contribution in [-0.2, 0) is 11.3 Å². The Morgan fingerprint density at radius 2 is 2.19 bits per heavy atom. The molecule has 0 aliphatic rings. The summed E-state index contributed by atoms with van der Waals surface area (Å²) in [6, 6.07) is 6.98. The van der Waals surface area contributed by atoms with Crippen molar-refractivity contribution in [3.05, 3.63) is 33.8 Å². The van der Waals surface area contributed by atoms with E-state index in [2.05, 4.69) is 0 Å². The molecule has 0 amide bonds. The lowest BCUT2D eigenvalue weighted by molar-refractivity contribution is 0.0309. The molecule has 16 heavy (non-hydrogen) atoms. The van der Waals surface area contributed by atoms with Gasteiger partial charge in [-0.05, 0) is 17.7 Å². The zero-order valence-electron chi connectivity index (χ0n) is 8.49. The third-order valence-electron chi connectivity index (χ3n) is 1.91. The lowest BCUT2D eigenvalue weighted by Gasteiger charge is -2.09. The molecule has 0 heterocycles. The number of aliphatic hydroxyl groups excluding tert-OH is 1. The van der Waals surface area contributed by atoms with Crippen LogP contribution in [0.3, 0.4) is 0 Å². The maximum absolute atomic E-state index is 9.24. The Morgan fingerprint density at radius 3 is 2.81 bits per heavy atom. The van der Waals surface area contributed by atoms with Gasteiger partial charge in [0.05, 0.1) is 31.8 Å². The average molecular weight is 260 g/mol. The summed E-state index contributed by atoms with van der Waals surface area (Å²) in [5.41, 5.74) is 0.801. The van der Waals surface area contributed by atoms with Gasteiger partial charge in [-0.3, -0.25) is 0 Å². The second-order valence-electron chi connectivity index (χ2n) is 3.27. The molecular weight excluding hydrogens is 249 g/mol. The van der Waals surface area contributed by atoms with Crippen molar-refractivity contribution in [3.63, 3.8) is 0 Å². The lowest BCUT2D eigenvalue weighted by Crippen LogP contribution is -2.14. The normalized spacial score (nSPS) is 12.1. The molecule has 0 spiro atoms. The smallest absolute Gasteiger partial charge is 0.0903 e. The van der Waals surface area contributed by atoms with Gasteiger partial charge >= 0.3 is 0 Å². The molecule has 5 heteroatoms. The third-order valence-corrected chi connectivity index (χ3v) is 2.50. The van der Waals surface area contributed by atoms with Gasteiger partial charge in [0, 0.05) is 10.0 Å². The number of hydrogen-bond donors (Lipinski definition) is 1. The van der Waals surface area contributed by atoms with Gasteiger partial charge in [0.2, 0.25) is 0 Å². The summed E-state index contributed by atoms with van der Waals surface area (Å²) >= 11 is 11.7. The van der Waals surface area contributed by atoms with E-state index in [-0.39, 0.29) is 13.0 Å². The van der Waals surface area contributed by atoms with Crippen LogP contribution in [0.5, 0.6) is 0 Å². The van der Waals surface area contributed by atoms with Crippen LogP contribution in [0, 0.1) is 11.3 Å². The number of ether oxygens (including phenoxy) is 1. The van der Waals surface area contributed by atoms with Crippen molar-refractivity contribution in [1.29, 1.82) is 5.26 Å². The molecule has 1 aromatic rings. The fourth-order valence-electron chi connectivity index (χ4n) is 1.11. The number of nitriles is 1. The average Bonchev–Trinajstić information content (AvgIpc) is 2.22. The highest BCUT2D eigenvalue weighted by Crippen LogP contribution is 2.21. The number of hydrogen-bond acceptors (Lipinski definition) is 3. The van der Waals surface area contributed by atoms with Crippen LogP contribution >= 0.6 is 23.2 Å². The Kier molecular flexibility index (Phi) is 5.58. The Morgan fingerprint density at radius 1 is 1.44 bits per heavy atom. The Balaban J connectivity index is 2.41. The van der Waals surface area contributed by atoms with Crippen molar-refractivity contribution in [2.75, 3.05) is 6.61 Å². The van der Waals surface area contributed by atoms with E-state index in [1.165, 1.54) is 0 Å². The highest BCUT2D eigenvalue weighted by atomic mass is 35.5. The predicted molar refractivity (Wildman–Crippen MR) is 62.4 cm³/mol. The van der Waals surface area contributed by atoms with Gasteiger partial charge in [0.25, 0.3) is 0 Å². The van der Waals surface area contributed by atoms with Crippen molar-refractivity contribution in [2.45, 2.75) is 19.1 Å². The van der Waals surface area contributed by atoms with Crippen molar-refractivity contribution in [3.8, 4) is 6.07 Å². The molecule has 0 radical (unpaired) electrons. The van der Waals surface area contributed by atoms with Crippen molar-refractivity contribution in [2.24, 2.45) is 0 Å². The number of aliphatic hydroxyl groups is 1. The van der Waals surface area contributed by atoms with E-state index in [9.17, 15) is 5.11 Å². The summed E-state index contributed by atoms with van der Waals surface area (Å²) in [6.45, 7) is 0.408. The van der Waals surface area contributed by atoms with Crippen LogP contribution in [0.1, 0.15) is 12.0 Å². The van der Waals surface area contributed by atoms with E-state index in [1.54, 1.807) is 18.2 Å². The van der Waals surface area contributed by atoms with Gasteiger partial charge in [0.1, 0.15) is 0 Å². The SMILES string of the molecule is N#CC[C@H](O)COCc1ccc(Cl)cc1Cl. The fourth-order valence-corrected chi connectivity index (χ4v) is 1.57. The lowest BCUT2D eigenvalue weighted by atomic mass is 10.2. The van der Waals surface area contributed by atoms with Crippen molar-refractivity contribution < 1.29 is 9.84 Å². The minimum absolute atomic E-state index is 0.0638. The molecule has 0 bridgehead atoms. The number of nitrogens with zero attached hydrogens (tertiary/aromatic N) is 1. The van der Waals surface area contributed by atoms with Gasteiger partial charge in [-0.1, -0.05) is 29.3 Å². The molecule has 1 N–H and O–H groups in total. The second-order valence-corrected chi connectivity index (χ2v) is 4.11. The fraction of sp³-hybridized carbons (Fsp3) is 0.364. The standard InChI is InChI=1S/C11H11Cl2NO2/c12-9-2-1-8(11(13)5-9)6-16-7-10(15)3-4-14/h1-2,5,10,15H,3,6-7H2/t10-/m0/s1. The molecule has 0 saturated heterocycles. The van der Waals surface area contributed by atoms with Crippen LogP contribution in [0.2, 0.25) is 10.0 Å². The number of rotatable bonds is 5. The quantitative estimate of drug-likeness (QED) is 0.885. The van der Waals surface area contributed by atoms with Gasteiger partial charge in [0.15, 0.2) is 0 Å². The molecule has 0 saturated carbocycles. The molecule has 0 fully saturated rings. The Bertz CT molecular complexity index is 390. The first kappa shape index (κ1) is 13.3. The largest absolute Gasteiger partial charge is 0.390 e. The van der Waals surface area contributed by atoms with Crippen LogP contribution in [0.15, 0.2) is 18.2 Å². The summed E-state index contributed by atoms with van der Waals surface area (Å²) in [7, 11) is 0. The molecule has 3 nitrogen and oxygen atoms in total. The molecule has 0 aromatic heterocycles. The van der Waals surface area contributed by atoms with E-state index >= 15 is 0 Å². The van der Waals surface area contributed by atoms with Gasteiger partial charge in [-0.15, -0.1) is 0 Å². The second kappa shape index (κ2) is 6.72. The number of halogens is 2. The zero-order valence-corrected chi connectivity index (χ0v) is 10.0. The molecule has 0 aliphatic carbocycles. The first-order valence-electron chi connectivity index (χ1n) is 4.70. The molecule has 1 aromatic carbocycles. The highest BCUT2D eigenvalue weighted by molar-refractivity contribution is 6.35. The maximum atomic E-state index is 9.24. The zero-order chi connectivity index (χ0) is 12.0. The predicted octanol–water partition coefficient (Wildman–Crippen LogP) is 2.78. The summed E-state index contributed by atoms with van der Waals surface area (Å²) in [5.74, 6) is 0. The molecule has 0 unspecified atom stereocenters. The first-order valence-corrected chi connectivity index (χ1v) is 5.45. The minimum atomic E-state index is -0.754.